The van der Waals surface area contributed by atoms with Crippen LogP contribution in [0.1, 0.15) is 37.3 Å². The van der Waals surface area contributed by atoms with E-state index in [0.29, 0.717) is 6.54 Å². The highest BCUT2D eigenvalue weighted by Gasteiger charge is 2.24. The highest BCUT2D eigenvalue weighted by Crippen LogP contribution is 2.31. The molecule has 0 aromatic heterocycles. The molecular formula is C21H25BrN2O2. The van der Waals surface area contributed by atoms with Gasteiger partial charge in [-0.2, -0.15) is 0 Å². The molecule has 1 aliphatic rings. The number of hydrogen-bond donors (Lipinski definition) is 1. The number of carbonyl (C=O) groups excluding carboxylic acids is 1. The minimum atomic E-state index is 0.0253. The number of rotatable bonds is 5. The normalized spacial score (nSPS) is 18.2. The SMILES string of the molecule is COc1ccc(C2CCCCCN2CC(=O)Nc2ccccc2Br)cc1. The van der Waals surface area contributed by atoms with Gasteiger partial charge in [0.25, 0.3) is 0 Å². The summed E-state index contributed by atoms with van der Waals surface area (Å²) in [4.78, 5) is 14.9. The topological polar surface area (TPSA) is 41.6 Å². The number of para-hydroxylation sites is 1. The lowest BCUT2D eigenvalue weighted by atomic mass is 10.0. The van der Waals surface area contributed by atoms with Crippen LogP contribution in [0.3, 0.4) is 0 Å². The Morgan fingerprint density at radius 1 is 1.15 bits per heavy atom. The second-order valence-electron chi connectivity index (χ2n) is 6.64. The summed E-state index contributed by atoms with van der Waals surface area (Å²) in [5.41, 5.74) is 2.06. The second kappa shape index (κ2) is 9.19. The van der Waals surface area contributed by atoms with Crippen LogP contribution in [0.25, 0.3) is 0 Å². The average Bonchev–Trinajstić information content (AvgIpc) is 2.89. The zero-order valence-electron chi connectivity index (χ0n) is 15.1. The van der Waals surface area contributed by atoms with Gasteiger partial charge < -0.3 is 10.1 Å². The third-order valence-corrected chi connectivity index (χ3v) is 5.55. The molecule has 1 N–H and O–H groups in total. The Hall–Kier alpha value is -1.85. The maximum absolute atomic E-state index is 12.6. The summed E-state index contributed by atoms with van der Waals surface area (Å²) in [6.45, 7) is 1.35. The van der Waals surface area contributed by atoms with Crippen molar-refractivity contribution < 1.29 is 9.53 Å². The summed E-state index contributed by atoms with van der Waals surface area (Å²) in [5.74, 6) is 0.887. The van der Waals surface area contributed by atoms with Gasteiger partial charge in [0, 0.05) is 10.5 Å². The van der Waals surface area contributed by atoms with Crippen LogP contribution in [-0.4, -0.2) is 31.0 Å². The number of carbonyl (C=O) groups is 1. The van der Waals surface area contributed by atoms with E-state index in [9.17, 15) is 4.79 Å². The summed E-state index contributed by atoms with van der Waals surface area (Å²) in [6.07, 6.45) is 4.62. The van der Waals surface area contributed by atoms with Gasteiger partial charge in [0.05, 0.1) is 19.3 Å². The van der Waals surface area contributed by atoms with E-state index in [1.54, 1.807) is 7.11 Å². The first-order valence-corrected chi connectivity index (χ1v) is 9.89. The molecule has 1 saturated heterocycles. The summed E-state index contributed by atoms with van der Waals surface area (Å²) in [7, 11) is 1.68. The van der Waals surface area contributed by atoms with E-state index in [4.69, 9.17) is 4.74 Å². The molecule has 0 spiro atoms. The molecule has 138 valence electrons. The van der Waals surface area contributed by atoms with Gasteiger partial charge in [-0.3, -0.25) is 9.69 Å². The molecule has 5 heteroatoms. The van der Waals surface area contributed by atoms with E-state index in [0.717, 1.165) is 35.3 Å². The Bertz CT molecular complexity index is 733. The highest BCUT2D eigenvalue weighted by atomic mass is 79.9. The molecule has 2 aromatic carbocycles. The van der Waals surface area contributed by atoms with E-state index in [1.807, 2.05) is 36.4 Å². The van der Waals surface area contributed by atoms with E-state index in [-0.39, 0.29) is 11.9 Å². The average molecular weight is 417 g/mol. The van der Waals surface area contributed by atoms with Crippen LogP contribution in [-0.2, 0) is 4.79 Å². The molecule has 1 atom stereocenters. The fraction of sp³-hybridized carbons (Fsp3) is 0.381. The Morgan fingerprint density at radius 2 is 1.92 bits per heavy atom. The highest BCUT2D eigenvalue weighted by molar-refractivity contribution is 9.10. The fourth-order valence-electron chi connectivity index (χ4n) is 3.50. The maximum Gasteiger partial charge on any atom is 0.238 e. The monoisotopic (exact) mass is 416 g/mol. The molecule has 0 aliphatic carbocycles. The summed E-state index contributed by atoms with van der Waals surface area (Å²) < 4.78 is 6.17. The maximum atomic E-state index is 12.6. The molecule has 26 heavy (non-hydrogen) atoms. The predicted octanol–water partition coefficient (Wildman–Crippen LogP) is 5.01. The standard InChI is InChI=1S/C21H25BrN2O2/c1-26-17-12-10-16(11-13-17)20-9-3-2-6-14-24(20)15-21(25)23-19-8-5-4-7-18(19)22/h4-5,7-8,10-13,20H,2-3,6,9,14-15H2,1H3,(H,23,25). The van der Waals surface area contributed by atoms with Crippen LogP contribution in [0.4, 0.5) is 5.69 Å². The lowest BCUT2D eigenvalue weighted by molar-refractivity contribution is -0.117. The Kier molecular flexibility index (Phi) is 6.69. The van der Waals surface area contributed by atoms with Crippen LogP contribution in [0, 0.1) is 0 Å². The molecule has 1 unspecified atom stereocenters. The van der Waals surface area contributed by atoms with Gasteiger partial charge in [-0.1, -0.05) is 37.1 Å². The molecule has 4 nitrogen and oxygen atoms in total. The smallest absolute Gasteiger partial charge is 0.238 e. The first-order valence-electron chi connectivity index (χ1n) is 9.10. The van der Waals surface area contributed by atoms with Gasteiger partial charge >= 0.3 is 0 Å². The Balaban J connectivity index is 1.71. The molecule has 0 saturated carbocycles. The van der Waals surface area contributed by atoms with Crippen molar-refractivity contribution in [1.29, 1.82) is 0 Å². The molecule has 2 aromatic rings. The van der Waals surface area contributed by atoms with Gasteiger partial charge in [0.15, 0.2) is 0 Å². The molecule has 1 fully saturated rings. The molecule has 1 amide bonds. The Morgan fingerprint density at radius 3 is 2.65 bits per heavy atom. The van der Waals surface area contributed by atoms with Crippen LogP contribution in [0.15, 0.2) is 53.0 Å². The quantitative estimate of drug-likeness (QED) is 0.744. The predicted molar refractivity (Wildman–Crippen MR) is 109 cm³/mol. The van der Waals surface area contributed by atoms with Crippen LogP contribution >= 0.6 is 15.9 Å². The fourth-order valence-corrected chi connectivity index (χ4v) is 3.88. The van der Waals surface area contributed by atoms with Gasteiger partial charge in [-0.05, 0) is 65.1 Å². The molecule has 0 radical (unpaired) electrons. The zero-order valence-corrected chi connectivity index (χ0v) is 16.7. The minimum absolute atomic E-state index is 0.0253. The number of amides is 1. The van der Waals surface area contributed by atoms with Crippen molar-refractivity contribution in [2.24, 2.45) is 0 Å². The largest absolute Gasteiger partial charge is 0.497 e. The van der Waals surface area contributed by atoms with Crippen molar-refractivity contribution in [3.05, 3.63) is 58.6 Å². The van der Waals surface area contributed by atoms with Crippen molar-refractivity contribution in [2.75, 3.05) is 25.5 Å². The molecular weight excluding hydrogens is 392 g/mol. The number of nitrogens with one attached hydrogen (secondary N) is 1. The number of methoxy groups -OCH3 is 1. The number of ether oxygens (including phenoxy) is 1. The van der Waals surface area contributed by atoms with Crippen LogP contribution in [0.5, 0.6) is 5.75 Å². The van der Waals surface area contributed by atoms with Crippen molar-refractivity contribution in [1.82, 2.24) is 4.90 Å². The number of nitrogens with zero attached hydrogens (tertiary/aromatic N) is 1. The minimum Gasteiger partial charge on any atom is -0.497 e. The van der Waals surface area contributed by atoms with Crippen molar-refractivity contribution in [2.45, 2.75) is 31.7 Å². The zero-order chi connectivity index (χ0) is 18.4. The third kappa shape index (κ3) is 4.86. The lowest BCUT2D eigenvalue weighted by Gasteiger charge is -2.30. The Labute approximate surface area is 163 Å². The summed E-state index contributed by atoms with van der Waals surface area (Å²) in [6, 6.07) is 16.2. The first kappa shape index (κ1) is 18.9. The number of benzene rings is 2. The van der Waals surface area contributed by atoms with Crippen LogP contribution in [0.2, 0.25) is 0 Å². The number of anilines is 1. The van der Waals surface area contributed by atoms with Crippen molar-refractivity contribution in [3.63, 3.8) is 0 Å². The molecule has 1 heterocycles. The van der Waals surface area contributed by atoms with Crippen molar-refractivity contribution >= 4 is 27.5 Å². The summed E-state index contributed by atoms with van der Waals surface area (Å²) in [5, 5.41) is 3.02. The number of halogens is 1. The van der Waals surface area contributed by atoms with E-state index < -0.39 is 0 Å². The van der Waals surface area contributed by atoms with E-state index in [2.05, 4.69) is 38.3 Å². The second-order valence-corrected chi connectivity index (χ2v) is 7.49. The van der Waals surface area contributed by atoms with Crippen molar-refractivity contribution in [3.8, 4) is 5.75 Å². The molecule has 1 aliphatic heterocycles. The number of hydrogen-bond acceptors (Lipinski definition) is 3. The van der Waals surface area contributed by atoms with Gasteiger partial charge in [-0.25, -0.2) is 0 Å². The molecule has 3 rings (SSSR count). The lowest BCUT2D eigenvalue weighted by Crippen LogP contribution is -2.36. The molecule has 0 bridgehead atoms. The first-order chi connectivity index (χ1) is 12.7. The van der Waals surface area contributed by atoms with Gasteiger partial charge in [-0.15, -0.1) is 0 Å². The summed E-state index contributed by atoms with van der Waals surface area (Å²) >= 11 is 3.48. The third-order valence-electron chi connectivity index (χ3n) is 4.86. The number of likely N-dealkylation sites (tertiary alicyclic amines) is 1. The van der Waals surface area contributed by atoms with Gasteiger partial charge in [0.2, 0.25) is 5.91 Å². The van der Waals surface area contributed by atoms with E-state index >= 15 is 0 Å². The van der Waals surface area contributed by atoms with Gasteiger partial charge in [0.1, 0.15) is 5.75 Å². The van der Waals surface area contributed by atoms with Crippen LogP contribution < -0.4 is 10.1 Å². The van der Waals surface area contributed by atoms with E-state index in [1.165, 1.54) is 18.4 Å².